The van der Waals surface area contributed by atoms with Crippen LogP contribution in [0, 0.1) is 18.8 Å². The molecule has 1 aliphatic carbocycles. The van der Waals surface area contributed by atoms with Crippen LogP contribution in [0.1, 0.15) is 57.8 Å². The summed E-state index contributed by atoms with van der Waals surface area (Å²) in [5.41, 5.74) is 0.970. The van der Waals surface area contributed by atoms with E-state index in [0.29, 0.717) is 17.1 Å². The van der Waals surface area contributed by atoms with Gasteiger partial charge in [-0.15, -0.1) is 0 Å². The van der Waals surface area contributed by atoms with Crippen molar-refractivity contribution in [3.63, 3.8) is 0 Å². The molecule has 3 nitrogen and oxygen atoms in total. The topological polar surface area (TPSA) is 37.8 Å². The van der Waals surface area contributed by atoms with Crippen LogP contribution in [0.2, 0.25) is 5.15 Å². The second-order valence-electron chi connectivity index (χ2n) is 6.30. The highest BCUT2D eigenvalue weighted by Crippen LogP contribution is 2.31. The van der Waals surface area contributed by atoms with E-state index < -0.39 is 0 Å². The van der Waals surface area contributed by atoms with Crippen molar-refractivity contribution in [1.29, 1.82) is 0 Å². The summed E-state index contributed by atoms with van der Waals surface area (Å²) < 4.78 is 0. The Morgan fingerprint density at radius 3 is 2.65 bits per heavy atom. The maximum Gasteiger partial charge on any atom is 0.137 e. The lowest BCUT2D eigenvalue weighted by Gasteiger charge is -2.33. The highest BCUT2D eigenvalue weighted by molar-refractivity contribution is 6.30. The molecule has 0 aliphatic heterocycles. The lowest BCUT2D eigenvalue weighted by Crippen LogP contribution is -2.33. The van der Waals surface area contributed by atoms with E-state index in [2.05, 4.69) is 36.1 Å². The number of anilines is 1. The van der Waals surface area contributed by atoms with E-state index in [-0.39, 0.29) is 0 Å². The van der Waals surface area contributed by atoms with Crippen LogP contribution in [-0.2, 0) is 6.42 Å². The first-order valence-corrected chi connectivity index (χ1v) is 8.18. The molecule has 1 aliphatic rings. The molecule has 0 spiro atoms. The van der Waals surface area contributed by atoms with Crippen LogP contribution in [0.5, 0.6) is 0 Å². The maximum atomic E-state index is 6.24. The predicted molar refractivity (Wildman–Crippen MR) is 85.4 cm³/mol. The minimum atomic E-state index is 0.505. The summed E-state index contributed by atoms with van der Waals surface area (Å²) in [7, 11) is 0. The Morgan fingerprint density at radius 2 is 2.00 bits per heavy atom. The van der Waals surface area contributed by atoms with Crippen LogP contribution in [-0.4, -0.2) is 16.0 Å². The zero-order chi connectivity index (χ0) is 14.7. The predicted octanol–water partition coefficient (Wildman–Crippen LogP) is 4.63. The van der Waals surface area contributed by atoms with Gasteiger partial charge in [-0.2, -0.15) is 0 Å². The molecule has 112 valence electrons. The van der Waals surface area contributed by atoms with Gasteiger partial charge in [-0.1, -0.05) is 32.4 Å². The second kappa shape index (κ2) is 6.75. The first-order valence-electron chi connectivity index (χ1n) is 7.80. The van der Waals surface area contributed by atoms with E-state index in [1.165, 1.54) is 19.3 Å². The third kappa shape index (κ3) is 3.63. The van der Waals surface area contributed by atoms with E-state index in [1.807, 2.05) is 6.92 Å². The third-order valence-corrected chi connectivity index (χ3v) is 4.73. The minimum absolute atomic E-state index is 0.505. The summed E-state index contributed by atoms with van der Waals surface area (Å²) in [6, 6.07) is 0.505. The fourth-order valence-electron chi connectivity index (χ4n) is 3.06. The Bertz CT molecular complexity index is 461. The van der Waals surface area contributed by atoms with Gasteiger partial charge >= 0.3 is 0 Å². The number of nitrogens with one attached hydrogen (secondary N) is 1. The summed E-state index contributed by atoms with van der Waals surface area (Å²) in [4.78, 5) is 9.03. The Morgan fingerprint density at radius 1 is 1.25 bits per heavy atom. The van der Waals surface area contributed by atoms with Crippen LogP contribution >= 0.6 is 11.6 Å². The number of hydrogen-bond acceptors (Lipinski definition) is 3. The molecule has 0 radical (unpaired) electrons. The Labute approximate surface area is 127 Å². The number of halogens is 1. The summed E-state index contributed by atoms with van der Waals surface area (Å²) in [6.07, 6.45) is 5.72. The molecule has 2 rings (SSSR count). The van der Waals surface area contributed by atoms with E-state index in [1.54, 1.807) is 0 Å². The quantitative estimate of drug-likeness (QED) is 0.823. The lowest BCUT2D eigenvalue weighted by atomic mass is 9.80. The third-order valence-electron chi connectivity index (χ3n) is 4.36. The molecule has 0 bridgehead atoms. The fourth-order valence-corrected chi connectivity index (χ4v) is 3.25. The summed E-state index contributed by atoms with van der Waals surface area (Å²) >= 11 is 6.24. The van der Waals surface area contributed by atoms with Gasteiger partial charge in [0.2, 0.25) is 0 Å². The van der Waals surface area contributed by atoms with Gasteiger partial charge in [-0.3, -0.25) is 0 Å². The first kappa shape index (κ1) is 15.6. The molecular weight excluding hydrogens is 270 g/mol. The monoisotopic (exact) mass is 295 g/mol. The Kier molecular flexibility index (Phi) is 5.25. The molecule has 20 heavy (non-hydrogen) atoms. The lowest BCUT2D eigenvalue weighted by molar-refractivity contribution is 0.276. The molecular formula is C16H26ClN3. The van der Waals surface area contributed by atoms with Crippen molar-refractivity contribution in [3.05, 3.63) is 16.5 Å². The van der Waals surface area contributed by atoms with Gasteiger partial charge in [0, 0.05) is 18.0 Å². The molecule has 3 atom stereocenters. The summed E-state index contributed by atoms with van der Waals surface area (Å²) in [6.45, 7) is 8.81. The van der Waals surface area contributed by atoms with Gasteiger partial charge in [0.25, 0.3) is 0 Å². The SMILES string of the molecule is CCCc1nc(Cl)c(C)c(NC2CCC(C)CC2C)n1. The van der Waals surface area contributed by atoms with Gasteiger partial charge < -0.3 is 5.32 Å². The number of hydrogen-bond donors (Lipinski definition) is 1. The van der Waals surface area contributed by atoms with Crippen LogP contribution < -0.4 is 5.32 Å². The largest absolute Gasteiger partial charge is 0.367 e. The molecule has 0 saturated heterocycles. The van der Waals surface area contributed by atoms with Crippen LogP contribution in [0.25, 0.3) is 0 Å². The number of aromatic nitrogens is 2. The number of rotatable bonds is 4. The normalized spacial score (nSPS) is 26.6. The van der Waals surface area contributed by atoms with Gasteiger partial charge in [0.05, 0.1) is 0 Å². The molecule has 3 unspecified atom stereocenters. The van der Waals surface area contributed by atoms with Gasteiger partial charge in [-0.25, -0.2) is 9.97 Å². The molecule has 1 saturated carbocycles. The second-order valence-corrected chi connectivity index (χ2v) is 6.66. The molecule has 1 fully saturated rings. The molecule has 1 N–H and O–H groups in total. The van der Waals surface area contributed by atoms with Crippen molar-refractivity contribution in [1.82, 2.24) is 9.97 Å². The van der Waals surface area contributed by atoms with Gasteiger partial charge in [0.15, 0.2) is 0 Å². The minimum Gasteiger partial charge on any atom is -0.367 e. The van der Waals surface area contributed by atoms with Crippen LogP contribution in [0.15, 0.2) is 0 Å². The van der Waals surface area contributed by atoms with Crippen LogP contribution in [0.3, 0.4) is 0 Å². The van der Waals surface area contributed by atoms with Crippen molar-refractivity contribution < 1.29 is 0 Å². The van der Waals surface area contributed by atoms with Crippen molar-refractivity contribution in [3.8, 4) is 0 Å². The van der Waals surface area contributed by atoms with Crippen molar-refractivity contribution in [2.45, 2.75) is 65.8 Å². The number of nitrogens with zero attached hydrogens (tertiary/aromatic N) is 2. The number of aryl methyl sites for hydroxylation is 1. The molecule has 4 heteroatoms. The standard InChI is InChI=1S/C16H26ClN3/c1-5-6-14-19-15(17)12(4)16(20-14)18-13-8-7-10(2)9-11(13)3/h10-11,13H,5-9H2,1-4H3,(H,18,19,20). The Balaban J connectivity index is 2.15. The average molecular weight is 296 g/mol. The zero-order valence-electron chi connectivity index (χ0n) is 13.0. The van der Waals surface area contributed by atoms with E-state index >= 15 is 0 Å². The average Bonchev–Trinajstić information content (AvgIpc) is 2.39. The molecule has 0 aromatic carbocycles. The van der Waals surface area contributed by atoms with Gasteiger partial charge in [-0.05, 0) is 44.4 Å². The molecule has 0 amide bonds. The van der Waals surface area contributed by atoms with Crippen molar-refractivity contribution in [2.24, 2.45) is 11.8 Å². The fraction of sp³-hybridized carbons (Fsp3) is 0.750. The molecule has 1 heterocycles. The van der Waals surface area contributed by atoms with Crippen LogP contribution in [0.4, 0.5) is 5.82 Å². The first-order chi connectivity index (χ1) is 9.51. The zero-order valence-corrected chi connectivity index (χ0v) is 13.8. The highest BCUT2D eigenvalue weighted by atomic mass is 35.5. The van der Waals surface area contributed by atoms with Gasteiger partial charge in [0.1, 0.15) is 16.8 Å². The molecule has 1 aromatic heterocycles. The highest BCUT2D eigenvalue weighted by Gasteiger charge is 2.26. The van der Waals surface area contributed by atoms with E-state index in [0.717, 1.165) is 36.0 Å². The maximum absolute atomic E-state index is 6.24. The molecule has 1 aromatic rings. The van der Waals surface area contributed by atoms with E-state index in [9.17, 15) is 0 Å². The van der Waals surface area contributed by atoms with Crippen molar-refractivity contribution >= 4 is 17.4 Å². The smallest absolute Gasteiger partial charge is 0.137 e. The Hall–Kier alpha value is -0.830. The van der Waals surface area contributed by atoms with Crippen molar-refractivity contribution in [2.75, 3.05) is 5.32 Å². The summed E-state index contributed by atoms with van der Waals surface area (Å²) in [5.74, 6) is 3.30. The van der Waals surface area contributed by atoms with E-state index in [4.69, 9.17) is 11.6 Å². The summed E-state index contributed by atoms with van der Waals surface area (Å²) in [5, 5.41) is 4.21.